The zero-order valence-corrected chi connectivity index (χ0v) is 14.0. The van der Waals surface area contributed by atoms with Gasteiger partial charge in [0, 0.05) is 33.3 Å². The lowest BCUT2D eigenvalue weighted by Crippen LogP contribution is -2.47. The van der Waals surface area contributed by atoms with E-state index in [-0.39, 0.29) is 11.7 Å². The molecule has 0 spiro atoms. The van der Waals surface area contributed by atoms with Crippen LogP contribution in [0.2, 0.25) is 0 Å². The van der Waals surface area contributed by atoms with E-state index in [4.69, 9.17) is 9.15 Å². The number of nitrogens with one attached hydrogen (secondary N) is 2. The van der Waals surface area contributed by atoms with Gasteiger partial charge in [0.05, 0.1) is 12.7 Å². The first-order chi connectivity index (χ1) is 12.0. The van der Waals surface area contributed by atoms with Crippen LogP contribution in [-0.2, 0) is 9.53 Å². The number of hydrogen-bond acceptors (Lipinski definition) is 7. The SMILES string of the molecule is COCCNCCNC(=O)C1CCCN1C(=O)c1ccc([N+](=O)[O-])o1. The van der Waals surface area contributed by atoms with Gasteiger partial charge >= 0.3 is 5.88 Å². The fourth-order valence-electron chi connectivity index (χ4n) is 2.66. The Morgan fingerprint density at radius 2 is 2.20 bits per heavy atom. The van der Waals surface area contributed by atoms with Gasteiger partial charge in [-0.1, -0.05) is 0 Å². The predicted octanol–water partition coefficient (Wildman–Crippen LogP) is 0.145. The number of nitro groups is 1. The van der Waals surface area contributed by atoms with E-state index in [2.05, 4.69) is 10.6 Å². The molecule has 0 aromatic carbocycles. The van der Waals surface area contributed by atoms with Crippen LogP contribution in [0, 0.1) is 10.1 Å². The van der Waals surface area contributed by atoms with Gasteiger partial charge in [0.15, 0.2) is 5.76 Å². The first kappa shape index (κ1) is 18.9. The number of hydrogen-bond donors (Lipinski definition) is 2. The van der Waals surface area contributed by atoms with Crippen molar-refractivity contribution in [3.63, 3.8) is 0 Å². The lowest BCUT2D eigenvalue weighted by Gasteiger charge is -2.23. The van der Waals surface area contributed by atoms with Gasteiger partial charge in [0.25, 0.3) is 5.91 Å². The molecule has 2 rings (SSSR count). The van der Waals surface area contributed by atoms with Crippen LogP contribution in [0.1, 0.15) is 23.4 Å². The van der Waals surface area contributed by atoms with Gasteiger partial charge in [-0.3, -0.25) is 19.7 Å². The summed E-state index contributed by atoms with van der Waals surface area (Å²) < 4.78 is 9.84. The number of amides is 2. The quantitative estimate of drug-likeness (QED) is 0.367. The summed E-state index contributed by atoms with van der Waals surface area (Å²) >= 11 is 0. The normalized spacial score (nSPS) is 16.8. The Kier molecular flexibility index (Phi) is 6.90. The third-order valence-electron chi connectivity index (χ3n) is 3.88. The highest BCUT2D eigenvalue weighted by atomic mass is 16.6. The Balaban J connectivity index is 1.86. The van der Waals surface area contributed by atoms with Crippen LogP contribution in [-0.4, -0.2) is 67.6 Å². The molecule has 138 valence electrons. The molecule has 0 radical (unpaired) electrons. The first-order valence-electron chi connectivity index (χ1n) is 8.07. The minimum Gasteiger partial charge on any atom is -0.395 e. The standard InChI is InChI=1S/C15H22N4O6/c1-24-10-8-16-6-7-17-14(20)11-3-2-9-18(11)15(21)12-4-5-13(25-12)19(22)23/h4-5,11,16H,2-3,6-10H2,1H3,(H,17,20). The molecule has 1 fully saturated rings. The second-order valence-corrected chi connectivity index (χ2v) is 5.59. The second kappa shape index (κ2) is 9.14. The van der Waals surface area contributed by atoms with E-state index in [0.717, 1.165) is 6.07 Å². The Morgan fingerprint density at radius 1 is 1.40 bits per heavy atom. The van der Waals surface area contributed by atoms with Crippen molar-refractivity contribution in [2.24, 2.45) is 0 Å². The maximum absolute atomic E-state index is 12.4. The molecule has 25 heavy (non-hydrogen) atoms. The number of ether oxygens (including phenoxy) is 1. The molecule has 1 aromatic heterocycles. The van der Waals surface area contributed by atoms with Crippen LogP contribution < -0.4 is 10.6 Å². The maximum atomic E-state index is 12.4. The van der Waals surface area contributed by atoms with E-state index in [0.29, 0.717) is 45.6 Å². The third kappa shape index (κ3) is 5.00. The summed E-state index contributed by atoms with van der Waals surface area (Å²) in [7, 11) is 1.61. The Morgan fingerprint density at radius 3 is 2.88 bits per heavy atom. The predicted molar refractivity (Wildman–Crippen MR) is 87.2 cm³/mol. The number of likely N-dealkylation sites (tertiary alicyclic amines) is 1. The van der Waals surface area contributed by atoms with Crippen LogP contribution >= 0.6 is 0 Å². The fraction of sp³-hybridized carbons (Fsp3) is 0.600. The highest BCUT2D eigenvalue weighted by molar-refractivity contribution is 5.96. The van der Waals surface area contributed by atoms with E-state index in [9.17, 15) is 19.7 Å². The van der Waals surface area contributed by atoms with E-state index in [1.807, 2.05) is 0 Å². The third-order valence-corrected chi connectivity index (χ3v) is 3.88. The average molecular weight is 354 g/mol. The topological polar surface area (TPSA) is 127 Å². The van der Waals surface area contributed by atoms with Crippen molar-refractivity contribution in [1.29, 1.82) is 0 Å². The Bertz CT molecular complexity index is 617. The minimum absolute atomic E-state index is 0.132. The van der Waals surface area contributed by atoms with Gasteiger partial charge in [0.2, 0.25) is 5.91 Å². The molecule has 1 aromatic rings. The van der Waals surface area contributed by atoms with Gasteiger partial charge in [-0.05, 0) is 18.9 Å². The molecule has 1 atom stereocenters. The van der Waals surface area contributed by atoms with Gasteiger partial charge in [-0.2, -0.15) is 0 Å². The van der Waals surface area contributed by atoms with Crippen LogP contribution in [0.15, 0.2) is 16.5 Å². The summed E-state index contributed by atoms with van der Waals surface area (Å²) in [6, 6.07) is 1.80. The molecule has 0 saturated carbocycles. The first-order valence-corrected chi connectivity index (χ1v) is 8.07. The van der Waals surface area contributed by atoms with Crippen molar-refractivity contribution in [2.75, 3.05) is 39.9 Å². The zero-order chi connectivity index (χ0) is 18.2. The number of carbonyl (C=O) groups is 2. The molecule has 2 N–H and O–H groups in total. The molecular formula is C15H22N4O6. The smallest absolute Gasteiger partial charge is 0.395 e. The molecular weight excluding hydrogens is 332 g/mol. The van der Waals surface area contributed by atoms with Crippen LogP contribution in [0.4, 0.5) is 5.88 Å². The summed E-state index contributed by atoms with van der Waals surface area (Å²) in [5.74, 6) is -1.37. The Labute approximate surface area is 144 Å². The van der Waals surface area contributed by atoms with Crippen molar-refractivity contribution in [1.82, 2.24) is 15.5 Å². The largest absolute Gasteiger partial charge is 0.433 e. The summed E-state index contributed by atoms with van der Waals surface area (Å²) in [6.07, 6.45) is 1.25. The van der Waals surface area contributed by atoms with Crippen molar-refractivity contribution >= 4 is 17.7 Å². The van der Waals surface area contributed by atoms with Gasteiger partial charge in [0.1, 0.15) is 11.0 Å². The molecule has 2 amide bonds. The molecule has 1 aliphatic rings. The van der Waals surface area contributed by atoms with E-state index < -0.39 is 22.8 Å². The molecule has 1 aliphatic heterocycles. The summed E-state index contributed by atoms with van der Waals surface area (Å²) in [5, 5.41) is 16.5. The lowest BCUT2D eigenvalue weighted by atomic mass is 10.2. The van der Waals surface area contributed by atoms with Crippen molar-refractivity contribution in [3.8, 4) is 0 Å². The van der Waals surface area contributed by atoms with E-state index in [1.54, 1.807) is 7.11 Å². The fourth-order valence-corrected chi connectivity index (χ4v) is 2.66. The number of carbonyl (C=O) groups excluding carboxylic acids is 2. The van der Waals surface area contributed by atoms with Gasteiger partial charge in [-0.25, -0.2) is 0 Å². The van der Waals surface area contributed by atoms with Crippen LogP contribution in [0.5, 0.6) is 0 Å². The minimum atomic E-state index is -0.707. The molecule has 1 unspecified atom stereocenters. The number of furan rings is 1. The summed E-state index contributed by atoms with van der Waals surface area (Å²) in [6.45, 7) is 2.73. The van der Waals surface area contributed by atoms with Crippen molar-refractivity contribution < 1.29 is 23.7 Å². The highest BCUT2D eigenvalue weighted by Gasteiger charge is 2.36. The van der Waals surface area contributed by atoms with E-state index in [1.165, 1.54) is 11.0 Å². The Hall–Kier alpha value is -2.46. The van der Waals surface area contributed by atoms with E-state index >= 15 is 0 Å². The lowest BCUT2D eigenvalue weighted by molar-refractivity contribution is -0.402. The average Bonchev–Trinajstić information content (AvgIpc) is 3.26. The maximum Gasteiger partial charge on any atom is 0.433 e. The molecule has 10 nitrogen and oxygen atoms in total. The van der Waals surface area contributed by atoms with Gasteiger partial charge < -0.3 is 24.7 Å². The van der Waals surface area contributed by atoms with Gasteiger partial charge in [-0.15, -0.1) is 0 Å². The number of nitrogens with zero attached hydrogens (tertiary/aromatic N) is 2. The number of methoxy groups -OCH3 is 1. The van der Waals surface area contributed by atoms with Crippen molar-refractivity contribution in [3.05, 3.63) is 28.0 Å². The highest BCUT2D eigenvalue weighted by Crippen LogP contribution is 2.23. The molecule has 10 heteroatoms. The van der Waals surface area contributed by atoms with Crippen LogP contribution in [0.3, 0.4) is 0 Å². The second-order valence-electron chi connectivity index (χ2n) is 5.59. The monoisotopic (exact) mass is 354 g/mol. The molecule has 1 saturated heterocycles. The summed E-state index contributed by atoms with van der Waals surface area (Å²) in [4.78, 5) is 36.1. The van der Waals surface area contributed by atoms with Crippen molar-refractivity contribution in [2.45, 2.75) is 18.9 Å². The van der Waals surface area contributed by atoms with Crippen LogP contribution in [0.25, 0.3) is 0 Å². The molecule has 2 heterocycles. The zero-order valence-electron chi connectivity index (χ0n) is 14.0. The molecule has 0 aliphatic carbocycles. The summed E-state index contributed by atoms with van der Waals surface area (Å²) in [5.41, 5.74) is 0. The number of rotatable bonds is 9. The molecule has 0 bridgehead atoms.